The lowest BCUT2D eigenvalue weighted by Gasteiger charge is -1.93. The summed E-state index contributed by atoms with van der Waals surface area (Å²) in [5.41, 5.74) is 0. The van der Waals surface area contributed by atoms with Gasteiger partial charge in [0.15, 0.2) is 0 Å². The van der Waals surface area contributed by atoms with Crippen LogP contribution in [0.15, 0.2) is 37.4 Å². The smallest absolute Gasteiger partial charge is 0.351 e. The van der Waals surface area contributed by atoms with E-state index in [2.05, 4.69) is 27.9 Å². The van der Waals surface area contributed by atoms with Crippen molar-refractivity contribution in [3.8, 4) is 0 Å². The van der Waals surface area contributed by atoms with E-state index >= 15 is 0 Å². The van der Waals surface area contributed by atoms with E-state index in [1.165, 1.54) is 0 Å². The Kier molecular flexibility index (Phi) is 8.29. The molecular formula is C6H10N4O8S2. The molecule has 0 spiro atoms. The average Bonchev–Trinajstić information content (AvgIpc) is 3.05. The lowest BCUT2D eigenvalue weighted by atomic mass is 11.0. The Morgan fingerprint density at radius 2 is 1.40 bits per heavy atom. The van der Waals surface area contributed by atoms with Gasteiger partial charge in [0.05, 0.1) is 12.7 Å². The van der Waals surface area contributed by atoms with Gasteiger partial charge < -0.3 is 9.97 Å². The Morgan fingerprint density at radius 1 is 0.950 bits per heavy atom. The molecule has 0 saturated heterocycles. The molecule has 0 aliphatic carbocycles. The van der Waals surface area contributed by atoms with E-state index in [0.29, 0.717) is 0 Å². The Hall–Kier alpha value is -1.84. The molecule has 0 amide bonds. The molecular weight excluding hydrogens is 320 g/mol. The molecule has 0 radical (unpaired) electrons. The average molecular weight is 330 g/mol. The van der Waals surface area contributed by atoms with Gasteiger partial charge in [-0.15, -0.1) is 0 Å². The second kappa shape index (κ2) is 9.13. The Bertz CT molecular complexity index is 560. The number of hydrogen-bond donors (Lipinski definition) is 4. The van der Waals surface area contributed by atoms with Crippen molar-refractivity contribution < 1.29 is 34.6 Å². The number of H-pyrrole nitrogens is 2. The normalized spacial score (nSPS) is 10.7. The van der Waals surface area contributed by atoms with Crippen LogP contribution in [0, 0.1) is 0 Å². The Morgan fingerprint density at radius 3 is 1.50 bits per heavy atom. The van der Waals surface area contributed by atoms with Crippen LogP contribution in [-0.2, 0) is 28.8 Å². The minimum absolute atomic E-state index is 1.62. The summed E-state index contributed by atoms with van der Waals surface area (Å²) in [6, 6.07) is 0. The van der Waals surface area contributed by atoms with Gasteiger partial charge in [-0.05, 0) is 0 Å². The summed E-state index contributed by atoms with van der Waals surface area (Å²) in [4.78, 5) is 12.8. The SMILES string of the molecule is O=S(=O)(O)OS(=O)(=O)OO.c1c[nH]cn1.c1c[nH]cn1. The molecule has 2 rings (SSSR count). The van der Waals surface area contributed by atoms with Crippen molar-refractivity contribution in [1.29, 1.82) is 0 Å². The first kappa shape index (κ1) is 18.2. The number of aromatic amines is 2. The third-order valence-electron chi connectivity index (χ3n) is 1.07. The highest BCUT2D eigenvalue weighted by atomic mass is 32.3. The maximum atomic E-state index is 9.78. The van der Waals surface area contributed by atoms with Gasteiger partial charge in [-0.2, -0.15) is 16.8 Å². The van der Waals surface area contributed by atoms with Gasteiger partial charge in [-0.1, -0.05) is 7.96 Å². The lowest BCUT2D eigenvalue weighted by Crippen LogP contribution is -2.13. The maximum Gasteiger partial charge on any atom is 0.442 e. The Labute approximate surface area is 113 Å². The molecule has 0 aliphatic rings. The van der Waals surface area contributed by atoms with Crippen LogP contribution in [0.3, 0.4) is 0 Å². The predicted molar refractivity (Wildman–Crippen MR) is 62.4 cm³/mol. The van der Waals surface area contributed by atoms with Crippen LogP contribution < -0.4 is 0 Å². The van der Waals surface area contributed by atoms with Gasteiger partial charge in [0.25, 0.3) is 0 Å². The van der Waals surface area contributed by atoms with Gasteiger partial charge >= 0.3 is 20.8 Å². The van der Waals surface area contributed by atoms with Crippen molar-refractivity contribution in [2.45, 2.75) is 0 Å². The highest BCUT2D eigenvalue weighted by Gasteiger charge is 2.20. The molecule has 20 heavy (non-hydrogen) atoms. The predicted octanol–water partition coefficient (Wildman–Crippen LogP) is -0.640. The topological polar surface area (TPSA) is 185 Å². The number of imidazole rings is 2. The molecule has 4 N–H and O–H groups in total. The number of nitrogens with one attached hydrogen (secondary N) is 2. The molecule has 0 bridgehead atoms. The molecule has 14 heteroatoms. The fourth-order valence-corrected chi connectivity index (χ4v) is 1.49. The van der Waals surface area contributed by atoms with Gasteiger partial charge in [0.2, 0.25) is 0 Å². The number of aromatic nitrogens is 4. The fraction of sp³-hybridized carbons (Fsp3) is 0. The Balaban J connectivity index is 0.000000298. The van der Waals surface area contributed by atoms with Crippen molar-refractivity contribution in [1.82, 2.24) is 19.9 Å². The summed E-state index contributed by atoms with van der Waals surface area (Å²) in [6.45, 7) is 0. The van der Waals surface area contributed by atoms with E-state index in [0.717, 1.165) is 0 Å². The first-order valence-electron chi connectivity index (χ1n) is 4.39. The zero-order valence-electron chi connectivity index (χ0n) is 9.52. The molecule has 0 aromatic carbocycles. The van der Waals surface area contributed by atoms with Crippen LogP contribution in [0.2, 0.25) is 0 Å². The molecule has 12 nitrogen and oxygen atoms in total. The summed E-state index contributed by atoms with van der Waals surface area (Å²) < 4.78 is 51.7. The van der Waals surface area contributed by atoms with Crippen molar-refractivity contribution in [2.75, 3.05) is 0 Å². The molecule has 0 unspecified atom stereocenters. The molecule has 2 heterocycles. The first-order chi connectivity index (χ1) is 9.27. The van der Waals surface area contributed by atoms with Gasteiger partial charge in [-0.3, -0.25) is 4.55 Å². The second-order valence-corrected chi connectivity index (χ2v) is 4.87. The summed E-state index contributed by atoms with van der Waals surface area (Å²) in [5, 5.41) is 7.37. The standard InChI is InChI=1S/2C3H4N2.H2O8S2/c2*1-2-5-3-4-1;1-7-10(5,6)8-9(2,3)4/h2*1-3H,(H,4,5);1H,(H,2,3,4). The van der Waals surface area contributed by atoms with Crippen LogP contribution in [0.25, 0.3) is 0 Å². The van der Waals surface area contributed by atoms with Crippen molar-refractivity contribution in [2.24, 2.45) is 0 Å². The molecule has 0 fully saturated rings. The minimum Gasteiger partial charge on any atom is -0.351 e. The van der Waals surface area contributed by atoms with E-state index in [9.17, 15) is 16.8 Å². The molecule has 0 saturated carbocycles. The zero-order valence-corrected chi connectivity index (χ0v) is 11.2. The summed E-state index contributed by atoms with van der Waals surface area (Å²) in [6.07, 6.45) is 10.2. The van der Waals surface area contributed by atoms with Gasteiger partial charge in [-0.25, -0.2) is 15.2 Å². The van der Waals surface area contributed by atoms with Crippen molar-refractivity contribution in [3.63, 3.8) is 0 Å². The summed E-state index contributed by atoms with van der Waals surface area (Å²) in [7, 11) is -10.2. The number of rotatable bonds is 3. The molecule has 2 aromatic heterocycles. The first-order valence-corrected chi connectivity index (χ1v) is 7.08. The molecule has 114 valence electrons. The summed E-state index contributed by atoms with van der Waals surface area (Å²) >= 11 is 0. The number of nitrogens with zero attached hydrogens (tertiary/aromatic N) is 2. The van der Waals surface area contributed by atoms with Crippen LogP contribution in [-0.4, -0.2) is 46.6 Å². The molecule has 2 aromatic rings. The lowest BCUT2D eigenvalue weighted by molar-refractivity contribution is -0.138. The second-order valence-electron chi connectivity index (χ2n) is 2.50. The van der Waals surface area contributed by atoms with Gasteiger partial charge in [0, 0.05) is 24.8 Å². The highest BCUT2D eigenvalue weighted by Crippen LogP contribution is 1.97. The molecule has 0 atom stereocenters. The van der Waals surface area contributed by atoms with E-state index in [1.807, 2.05) is 0 Å². The zero-order chi connectivity index (χ0) is 15.5. The van der Waals surface area contributed by atoms with Crippen LogP contribution in [0.4, 0.5) is 0 Å². The van der Waals surface area contributed by atoms with E-state index < -0.39 is 20.8 Å². The van der Waals surface area contributed by atoms with Gasteiger partial charge in [0.1, 0.15) is 0 Å². The van der Waals surface area contributed by atoms with E-state index in [1.54, 1.807) is 37.4 Å². The maximum absolute atomic E-state index is 9.78. The third kappa shape index (κ3) is 12.6. The quantitative estimate of drug-likeness (QED) is 0.320. The number of hydrogen-bond acceptors (Lipinski definition) is 9. The van der Waals surface area contributed by atoms with Crippen LogP contribution >= 0.6 is 0 Å². The van der Waals surface area contributed by atoms with Crippen molar-refractivity contribution in [3.05, 3.63) is 37.4 Å². The van der Waals surface area contributed by atoms with E-state index in [4.69, 9.17) is 9.81 Å². The van der Waals surface area contributed by atoms with Crippen LogP contribution in [0.5, 0.6) is 0 Å². The fourth-order valence-electron chi connectivity index (χ4n) is 0.548. The highest BCUT2D eigenvalue weighted by molar-refractivity contribution is 7.94. The largest absolute Gasteiger partial charge is 0.442 e. The van der Waals surface area contributed by atoms with Crippen LogP contribution in [0.1, 0.15) is 0 Å². The minimum atomic E-state index is -5.17. The summed E-state index contributed by atoms with van der Waals surface area (Å²) in [5.74, 6) is 0. The molecule has 0 aliphatic heterocycles. The van der Waals surface area contributed by atoms with Crippen molar-refractivity contribution >= 4 is 20.8 Å². The monoisotopic (exact) mass is 330 g/mol. The third-order valence-corrected chi connectivity index (χ3v) is 2.61. The van der Waals surface area contributed by atoms with E-state index in [-0.39, 0.29) is 0 Å².